The Bertz CT molecular complexity index is 672. The molecule has 0 unspecified atom stereocenters. The molecule has 0 saturated carbocycles. The summed E-state index contributed by atoms with van der Waals surface area (Å²) in [6.07, 6.45) is 6.71. The quantitative estimate of drug-likeness (QED) is 0.864. The lowest BCUT2D eigenvalue weighted by Gasteiger charge is -2.09. The number of pyridine rings is 1. The SMILES string of the molecule is CNc1cc(-c2ccccc2)c2c(n1)=CCCC=2. The van der Waals surface area contributed by atoms with Crippen LogP contribution in [0.2, 0.25) is 0 Å². The Balaban J connectivity index is 2.33. The van der Waals surface area contributed by atoms with Gasteiger partial charge in [-0.05, 0) is 30.0 Å². The number of hydrogen-bond donors (Lipinski definition) is 1. The lowest BCUT2D eigenvalue weighted by atomic mass is 10.0. The van der Waals surface area contributed by atoms with Crippen molar-refractivity contribution in [3.05, 3.63) is 47.0 Å². The molecule has 3 rings (SSSR count). The Hall–Kier alpha value is -2.09. The fourth-order valence-corrected chi connectivity index (χ4v) is 2.38. The summed E-state index contributed by atoms with van der Waals surface area (Å²) in [6, 6.07) is 12.6. The van der Waals surface area contributed by atoms with Crippen molar-refractivity contribution in [2.45, 2.75) is 12.8 Å². The predicted octanol–water partition coefficient (Wildman–Crippen LogP) is 2.15. The van der Waals surface area contributed by atoms with Crippen LogP contribution < -0.4 is 15.9 Å². The number of hydrogen-bond acceptors (Lipinski definition) is 2. The van der Waals surface area contributed by atoms with E-state index in [9.17, 15) is 0 Å². The van der Waals surface area contributed by atoms with Gasteiger partial charge in [-0.15, -0.1) is 0 Å². The third-order valence-corrected chi connectivity index (χ3v) is 3.28. The van der Waals surface area contributed by atoms with Crippen LogP contribution in [0.25, 0.3) is 23.3 Å². The first-order chi connectivity index (χ1) is 8.88. The summed E-state index contributed by atoms with van der Waals surface area (Å²) in [5, 5.41) is 5.52. The summed E-state index contributed by atoms with van der Waals surface area (Å²) < 4.78 is 0. The fraction of sp³-hybridized carbons (Fsp3) is 0.188. The second-order valence-corrected chi connectivity index (χ2v) is 4.46. The summed E-state index contributed by atoms with van der Waals surface area (Å²) in [7, 11) is 1.91. The zero-order valence-electron chi connectivity index (χ0n) is 10.5. The Morgan fingerprint density at radius 3 is 2.61 bits per heavy atom. The normalized spacial score (nSPS) is 13.2. The van der Waals surface area contributed by atoms with Gasteiger partial charge in [0.05, 0.1) is 5.35 Å². The van der Waals surface area contributed by atoms with E-state index in [1.165, 1.54) is 16.3 Å². The maximum absolute atomic E-state index is 4.62. The molecule has 90 valence electrons. The minimum absolute atomic E-state index is 0.930. The van der Waals surface area contributed by atoms with Gasteiger partial charge in [0.25, 0.3) is 0 Å². The third-order valence-electron chi connectivity index (χ3n) is 3.28. The van der Waals surface area contributed by atoms with E-state index < -0.39 is 0 Å². The molecule has 18 heavy (non-hydrogen) atoms. The van der Waals surface area contributed by atoms with Crippen molar-refractivity contribution in [3.63, 3.8) is 0 Å². The first-order valence-corrected chi connectivity index (χ1v) is 6.33. The zero-order chi connectivity index (χ0) is 12.4. The Labute approximate surface area is 107 Å². The van der Waals surface area contributed by atoms with E-state index >= 15 is 0 Å². The molecule has 0 aliphatic heterocycles. The standard InChI is InChI=1S/C16H16N2/c1-17-16-11-14(12-7-3-2-4-8-12)13-9-5-6-10-15(13)18-16/h2-4,7-11H,5-6H2,1H3,(H,17,18). The molecule has 0 bridgehead atoms. The van der Waals surface area contributed by atoms with E-state index in [1.807, 2.05) is 13.1 Å². The van der Waals surface area contributed by atoms with Gasteiger partial charge in [0, 0.05) is 12.3 Å². The molecular formula is C16H16N2. The van der Waals surface area contributed by atoms with Crippen LogP contribution >= 0.6 is 0 Å². The van der Waals surface area contributed by atoms with Crippen LogP contribution in [0.3, 0.4) is 0 Å². The fourth-order valence-electron chi connectivity index (χ4n) is 2.38. The first-order valence-electron chi connectivity index (χ1n) is 6.33. The van der Waals surface area contributed by atoms with E-state index in [0.29, 0.717) is 0 Å². The van der Waals surface area contributed by atoms with Crippen molar-refractivity contribution >= 4 is 18.0 Å². The van der Waals surface area contributed by atoms with Crippen LogP contribution in [-0.4, -0.2) is 12.0 Å². The van der Waals surface area contributed by atoms with Gasteiger partial charge in [0.2, 0.25) is 0 Å². The van der Waals surface area contributed by atoms with Gasteiger partial charge >= 0.3 is 0 Å². The molecule has 1 aliphatic rings. The summed E-state index contributed by atoms with van der Waals surface area (Å²) >= 11 is 0. The largest absolute Gasteiger partial charge is 0.373 e. The molecule has 0 spiro atoms. The number of benzene rings is 1. The summed E-state index contributed by atoms with van der Waals surface area (Å²) in [4.78, 5) is 4.62. The second-order valence-electron chi connectivity index (χ2n) is 4.46. The van der Waals surface area contributed by atoms with Crippen molar-refractivity contribution < 1.29 is 0 Å². The molecule has 0 fully saturated rings. The number of rotatable bonds is 2. The lowest BCUT2D eigenvalue weighted by Crippen LogP contribution is -2.32. The average Bonchev–Trinajstić information content (AvgIpc) is 2.47. The van der Waals surface area contributed by atoms with E-state index in [4.69, 9.17) is 0 Å². The van der Waals surface area contributed by atoms with E-state index in [2.05, 4.69) is 52.8 Å². The molecule has 2 nitrogen and oxygen atoms in total. The van der Waals surface area contributed by atoms with Gasteiger partial charge in [-0.25, -0.2) is 4.98 Å². The highest BCUT2D eigenvalue weighted by atomic mass is 15.0. The molecule has 1 aliphatic carbocycles. The number of fused-ring (bicyclic) bond motifs is 1. The van der Waals surface area contributed by atoms with Crippen LogP contribution in [0.5, 0.6) is 0 Å². The molecule has 0 amide bonds. The highest BCUT2D eigenvalue weighted by Gasteiger charge is 2.06. The summed E-state index contributed by atoms with van der Waals surface area (Å²) in [5.74, 6) is 0.930. The highest BCUT2D eigenvalue weighted by molar-refractivity contribution is 5.69. The molecule has 0 atom stereocenters. The van der Waals surface area contributed by atoms with Gasteiger partial charge in [-0.1, -0.05) is 42.5 Å². The topological polar surface area (TPSA) is 24.9 Å². The minimum atomic E-state index is 0.930. The monoisotopic (exact) mass is 236 g/mol. The molecule has 0 saturated heterocycles. The smallest absolute Gasteiger partial charge is 0.127 e. The Kier molecular flexibility index (Phi) is 2.85. The maximum Gasteiger partial charge on any atom is 0.127 e. The van der Waals surface area contributed by atoms with Crippen molar-refractivity contribution in [2.24, 2.45) is 0 Å². The molecule has 1 aromatic carbocycles. The Morgan fingerprint density at radius 2 is 1.83 bits per heavy atom. The van der Waals surface area contributed by atoms with Crippen LogP contribution in [0.1, 0.15) is 12.8 Å². The zero-order valence-corrected chi connectivity index (χ0v) is 10.5. The van der Waals surface area contributed by atoms with Crippen LogP contribution in [-0.2, 0) is 0 Å². The van der Waals surface area contributed by atoms with E-state index in [-0.39, 0.29) is 0 Å². The highest BCUT2D eigenvalue weighted by Crippen LogP contribution is 2.17. The second kappa shape index (κ2) is 4.65. The Morgan fingerprint density at radius 1 is 1.06 bits per heavy atom. The van der Waals surface area contributed by atoms with E-state index in [0.717, 1.165) is 24.0 Å². The number of nitrogens with one attached hydrogen (secondary N) is 1. The number of anilines is 1. The molecule has 2 aromatic rings. The van der Waals surface area contributed by atoms with Gasteiger partial charge in [0.1, 0.15) is 5.82 Å². The number of nitrogens with zero attached hydrogens (tertiary/aromatic N) is 1. The van der Waals surface area contributed by atoms with Crippen molar-refractivity contribution in [2.75, 3.05) is 12.4 Å². The lowest BCUT2D eigenvalue weighted by molar-refractivity contribution is 1.08. The van der Waals surface area contributed by atoms with Crippen LogP contribution in [0.15, 0.2) is 36.4 Å². The minimum Gasteiger partial charge on any atom is -0.373 e. The van der Waals surface area contributed by atoms with Gasteiger partial charge in [-0.3, -0.25) is 0 Å². The molecule has 0 radical (unpaired) electrons. The molecule has 2 heteroatoms. The van der Waals surface area contributed by atoms with Crippen molar-refractivity contribution in [1.29, 1.82) is 0 Å². The third kappa shape index (κ3) is 1.90. The predicted molar refractivity (Wildman–Crippen MR) is 76.6 cm³/mol. The van der Waals surface area contributed by atoms with Gasteiger partial charge in [-0.2, -0.15) is 0 Å². The molecular weight excluding hydrogens is 220 g/mol. The molecule has 1 heterocycles. The first kappa shape index (κ1) is 11.0. The van der Waals surface area contributed by atoms with E-state index in [1.54, 1.807) is 0 Å². The maximum atomic E-state index is 4.62. The van der Waals surface area contributed by atoms with Gasteiger partial charge in [0.15, 0.2) is 0 Å². The van der Waals surface area contributed by atoms with Gasteiger partial charge < -0.3 is 5.32 Å². The average molecular weight is 236 g/mol. The van der Waals surface area contributed by atoms with Crippen LogP contribution in [0.4, 0.5) is 5.82 Å². The number of aromatic nitrogens is 1. The summed E-state index contributed by atoms with van der Waals surface area (Å²) in [5.41, 5.74) is 2.51. The van der Waals surface area contributed by atoms with Crippen molar-refractivity contribution in [3.8, 4) is 11.1 Å². The van der Waals surface area contributed by atoms with Crippen LogP contribution in [0, 0.1) is 0 Å². The molecule has 1 aromatic heterocycles. The molecule has 1 N–H and O–H groups in total. The van der Waals surface area contributed by atoms with Crippen molar-refractivity contribution in [1.82, 2.24) is 4.98 Å². The summed E-state index contributed by atoms with van der Waals surface area (Å²) in [6.45, 7) is 0.